The number of carbonyl (C=O) groups excluding carboxylic acids is 1. The molecule has 0 spiro atoms. The van der Waals surface area contributed by atoms with Gasteiger partial charge in [-0.1, -0.05) is 41.9 Å². The number of hydrogen-bond acceptors (Lipinski definition) is 5. The lowest BCUT2D eigenvalue weighted by Gasteiger charge is -2.35. The molecule has 30 heavy (non-hydrogen) atoms. The van der Waals surface area contributed by atoms with Crippen LogP contribution in [-0.4, -0.2) is 43.1 Å². The van der Waals surface area contributed by atoms with Gasteiger partial charge in [0.1, 0.15) is 5.01 Å². The summed E-state index contributed by atoms with van der Waals surface area (Å²) in [4.78, 5) is 18.8. The van der Waals surface area contributed by atoms with Gasteiger partial charge in [-0.25, -0.2) is 17.8 Å². The number of hydrogen-bond donors (Lipinski definition) is 0. The predicted octanol–water partition coefficient (Wildman–Crippen LogP) is 4.92. The Kier molecular flexibility index (Phi) is 5.73. The van der Waals surface area contributed by atoms with Crippen molar-refractivity contribution < 1.29 is 17.6 Å². The lowest BCUT2D eigenvalue weighted by atomic mass is 10.2. The first-order chi connectivity index (χ1) is 14.2. The van der Waals surface area contributed by atoms with E-state index in [9.17, 15) is 13.2 Å². The third kappa shape index (κ3) is 3.79. The number of carbonyl (C=O) groups is 1. The Bertz CT molecular complexity index is 1220. The number of sulfone groups is 1. The summed E-state index contributed by atoms with van der Waals surface area (Å²) in [6, 6.07) is 13.8. The molecule has 1 aromatic heterocycles. The maximum atomic E-state index is 16.0. The van der Waals surface area contributed by atoms with Crippen LogP contribution in [0, 0.1) is 0 Å². The molecule has 2 heterocycles. The molecule has 5 nitrogen and oxygen atoms in total. The molecule has 1 saturated heterocycles. The number of amides is 1. The van der Waals surface area contributed by atoms with Crippen LogP contribution in [0.4, 0.5) is 4.39 Å². The normalized spacial score (nSPS) is 20.8. The lowest BCUT2D eigenvalue weighted by molar-refractivity contribution is 0.0666. The lowest BCUT2D eigenvalue weighted by Crippen LogP contribution is -2.53. The van der Waals surface area contributed by atoms with E-state index in [-0.39, 0.29) is 17.1 Å². The number of rotatable bonds is 3. The molecule has 0 bridgehead atoms. The molecule has 156 valence electrons. The Labute approximate surface area is 190 Å². The summed E-state index contributed by atoms with van der Waals surface area (Å²) in [5, 5.41) is -2.60. The van der Waals surface area contributed by atoms with Crippen molar-refractivity contribution >= 4 is 54.6 Å². The van der Waals surface area contributed by atoms with Gasteiger partial charge in [0.25, 0.3) is 10.9 Å². The first-order valence-electron chi connectivity index (χ1n) is 8.88. The second-order valence-electron chi connectivity index (χ2n) is 6.80. The zero-order valence-corrected chi connectivity index (χ0v) is 19.4. The Morgan fingerprint density at radius 1 is 1.23 bits per heavy atom. The molecule has 2 aromatic carbocycles. The van der Waals surface area contributed by atoms with Gasteiger partial charge < -0.3 is 4.90 Å². The van der Waals surface area contributed by atoms with Crippen molar-refractivity contribution in [2.24, 2.45) is 0 Å². The Morgan fingerprint density at radius 2 is 1.97 bits per heavy atom. The molecule has 0 N–H and O–H groups in total. The molecule has 10 heteroatoms. The number of benzene rings is 2. The van der Waals surface area contributed by atoms with Gasteiger partial charge in [0.2, 0.25) is 0 Å². The van der Waals surface area contributed by atoms with Gasteiger partial charge in [-0.2, -0.15) is 0 Å². The van der Waals surface area contributed by atoms with Crippen molar-refractivity contribution in [1.82, 2.24) is 9.88 Å². The highest BCUT2D eigenvalue weighted by Gasteiger charge is 2.53. The monoisotopic (exact) mass is 528 g/mol. The maximum absolute atomic E-state index is 16.0. The predicted molar refractivity (Wildman–Crippen MR) is 119 cm³/mol. The minimum atomic E-state index is -4.15. The minimum Gasteiger partial charge on any atom is -0.333 e. The fraction of sp³-hybridized carbons (Fsp3) is 0.200. The van der Waals surface area contributed by atoms with E-state index >= 15 is 4.39 Å². The largest absolute Gasteiger partial charge is 0.333 e. The molecule has 1 amide bonds. The van der Waals surface area contributed by atoms with Crippen LogP contribution >= 0.6 is 38.9 Å². The SMILES string of the molecule is O=C(c1ccc(Br)c(Cl)c1)N1CCS(=O)(=O)[C@](F)(c2ncc(-c3ccccc3)s2)C1. The molecule has 4 rings (SSSR count). The molecule has 0 radical (unpaired) electrons. The average molecular weight is 530 g/mol. The first kappa shape index (κ1) is 21.4. The third-order valence-corrected chi connectivity index (χ3v) is 9.43. The van der Waals surface area contributed by atoms with E-state index < -0.39 is 33.0 Å². The number of nitrogens with zero attached hydrogens (tertiary/aromatic N) is 2. The smallest absolute Gasteiger partial charge is 0.278 e. The van der Waals surface area contributed by atoms with E-state index in [1.165, 1.54) is 17.2 Å². The number of alkyl halides is 1. The zero-order valence-electron chi connectivity index (χ0n) is 15.4. The summed E-state index contributed by atoms with van der Waals surface area (Å²) in [5.41, 5.74) is 1.07. The maximum Gasteiger partial charge on any atom is 0.278 e. The van der Waals surface area contributed by atoms with Crippen LogP contribution in [0.3, 0.4) is 0 Å². The van der Waals surface area contributed by atoms with Crippen molar-refractivity contribution in [3.05, 3.63) is 74.8 Å². The summed E-state index contributed by atoms with van der Waals surface area (Å²) in [5.74, 6) is -0.971. The molecule has 0 aliphatic carbocycles. The van der Waals surface area contributed by atoms with Gasteiger partial charge in [0.05, 0.1) is 22.2 Å². The van der Waals surface area contributed by atoms with Crippen LogP contribution in [-0.2, 0) is 14.8 Å². The summed E-state index contributed by atoms with van der Waals surface area (Å²) in [7, 11) is -4.15. The molecule has 1 aliphatic heterocycles. The third-order valence-electron chi connectivity index (χ3n) is 4.85. The van der Waals surface area contributed by atoms with Crippen LogP contribution < -0.4 is 0 Å². The number of aromatic nitrogens is 1. The average Bonchev–Trinajstić information content (AvgIpc) is 3.23. The van der Waals surface area contributed by atoms with Crippen LogP contribution in [0.25, 0.3) is 10.4 Å². The van der Waals surface area contributed by atoms with E-state index in [1.807, 2.05) is 30.3 Å². The number of halogens is 3. The van der Waals surface area contributed by atoms with Gasteiger partial charge in [0.15, 0.2) is 9.84 Å². The van der Waals surface area contributed by atoms with Crippen LogP contribution in [0.15, 0.2) is 59.2 Å². The van der Waals surface area contributed by atoms with E-state index in [0.717, 1.165) is 16.9 Å². The van der Waals surface area contributed by atoms with E-state index in [1.54, 1.807) is 12.1 Å². The topological polar surface area (TPSA) is 67.3 Å². The highest BCUT2D eigenvalue weighted by molar-refractivity contribution is 9.10. The Morgan fingerprint density at radius 3 is 2.67 bits per heavy atom. The van der Waals surface area contributed by atoms with Gasteiger partial charge in [-0.05, 0) is 39.7 Å². The first-order valence-corrected chi connectivity index (χ1v) is 12.5. The highest BCUT2D eigenvalue weighted by Crippen LogP contribution is 2.41. The van der Waals surface area contributed by atoms with Gasteiger partial charge >= 0.3 is 0 Å². The molecule has 1 aliphatic rings. The summed E-state index contributed by atoms with van der Waals surface area (Å²) in [6.45, 7) is -0.721. The van der Waals surface area contributed by atoms with E-state index in [0.29, 0.717) is 14.4 Å². The Balaban J connectivity index is 1.67. The van der Waals surface area contributed by atoms with Crippen molar-refractivity contribution in [3.8, 4) is 10.4 Å². The van der Waals surface area contributed by atoms with Crippen molar-refractivity contribution in [2.75, 3.05) is 18.8 Å². The number of thiazole rings is 1. The molecule has 3 aromatic rings. The standard InChI is InChI=1S/C20H15BrClFN2O3S2/c21-15-7-6-14(10-16(15)22)18(26)25-8-9-30(27,28)20(23,12-25)19-24-11-17(29-19)13-4-2-1-3-5-13/h1-7,10-11H,8-9,12H2/t20-/m0/s1. The van der Waals surface area contributed by atoms with Gasteiger partial charge in [0, 0.05) is 22.8 Å². The van der Waals surface area contributed by atoms with E-state index in [2.05, 4.69) is 20.9 Å². The van der Waals surface area contributed by atoms with Gasteiger partial charge in [-0.3, -0.25) is 4.79 Å². The van der Waals surface area contributed by atoms with Crippen LogP contribution in [0.2, 0.25) is 5.02 Å². The minimum absolute atomic E-state index is 0.0998. The molecule has 1 atom stereocenters. The summed E-state index contributed by atoms with van der Waals surface area (Å²) < 4.78 is 42.0. The molecular weight excluding hydrogens is 515 g/mol. The second kappa shape index (κ2) is 8.03. The fourth-order valence-electron chi connectivity index (χ4n) is 3.18. The van der Waals surface area contributed by atoms with Crippen molar-refractivity contribution in [2.45, 2.75) is 5.00 Å². The molecular formula is C20H15BrClFN2O3S2. The van der Waals surface area contributed by atoms with Crippen molar-refractivity contribution in [1.29, 1.82) is 0 Å². The molecule has 1 fully saturated rings. The van der Waals surface area contributed by atoms with Gasteiger partial charge in [-0.15, -0.1) is 11.3 Å². The molecule has 0 saturated carbocycles. The van der Waals surface area contributed by atoms with Crippen LogP contribution in [0.5, 0.6) is 0 Å². The van der Waals surface area contributed by atoms with Crippen molar-refractivity contribution in [3.63, 3.8) is 0 Å². The summed E-state index contributed by atoms with van der Waals surface area (Å²) >= 11 is 10.3. The quantitative estimate of drug-likeness (QED) is 0.483. The fourth-order valence-corrected chi connectivity index (χ4v) is 6.46. The zero-order chi connectivity index (χ0) is 21.5. The summed E-state index contributed by atoms with van der Waals surface area (Å²) in [6.07, 6.45) is 1.46. The second-order valence-corrected chi connectivity index (χ2v) is 11.4. The molecule has 0 unspecified atom stereocenters. The Hall–Kier alpha value is -1.81. The van der Waals surface area contributed by atoms with Crippen LogP contribution in [0.1, 0.15) is 15.4 Å². The van der Waals surface area contributed by atoms with E-state index in [4.69, 9.17) is 11.6 Å². The highest BCUT2D eigenvalue weighted by atomic mass is 79.9.